The number of aromatic hydroxyl groups is 1. The first kappa shape index (κ1) is 11.4. The molecule has 0 aromatic heterocycles. The number of rotatable bonds is 1. The van der Waals surface area contributed by atoms with Crippen LogP contribution in [-0.2, 0) is 0 Å². The fraction of sp³-hybridized carbons (Fsp3) is 0.400. The van der Waals surface area contributed by atoms with Gasteiger partial charge in [-0.25, -0.2) is 0 Å². The molecule has 0 heterocycles. The first-order valence-electron chi connectivity index (χ1n) is 3.91. The molecule has 0 aliphatic heterocycles. The first-order valence-corrected chi connectivity index (χ1v) is 3.91. The van der Waals surface area contributed by atoms with Crippen LogP contribution in [0.3, 0.4) is 0 Å². The molecule has 0 aliphatic rings. The molecule has 0 spiro atoms. The Morgan fingerprint density at radius 2 is 1.83 bits per heavy atom. The Bertz CT molecular complexity index is 256. The standard InChI is InChI=1S/C10H14O.H2S/c1-7(2)9-5-4-8(3)6-10(9)11;/h4-7,11H,1-3H3;1H2. The molecule has 0 amide bonds. The van der Waals surface area contributed by atoms with Gasteiger partial charge in [-0.1, -0.05) is 26.0 Å². The van der Waals surface area contributed by atoms with E-state index in [-0.39, 0.29) is 13.5 Å². The van der Waals surface area contributed by atoms with Crippen molar-refractivity contribution in [3.8, 4) is 5.75 Å². The molecule has 0 saturated heterocycles. The van der Waals surface area contributed by atoms with Crippen LogP contribution in [0.1, 0.15) is 30.9 Å². The Morgan fingerprint density at radius 3 is 2.25 bits per heavy atom. The Kier molecular flexibility index (Phi) is 4.18. The maximum Gasteiger partial charge on any atom is 0.119 e. The van der Waals surface area contributed by atoms with Gasteiger partial charge < -0.3 is 5.11 Å². The van der Waals surface area contributed by atoms with Gasteiger partial charge in [0, 0.05) is 0 Å². The van der Waals surface area contributed by atoms with Crippen LogP contribution in [0.25, 0.3) is 0 Å². The lowest BCUT2D eigenvalue weighted by Crippen LogP contribution is -1.87. The van der Waals surface area contributed by atoms with Crippen LogP contribution < -0.4 is 0 Å². The van der Waals surface area contributed by atoms with Crippen molar-refractivity contribution < 1.29 is 5.11 Å². The zero-order valence-corrected chi connectivity index (χ0v) is 8.76. The molecular formula is C10H16OS. The van der Waals surface area contributed by atoms with Crippen molar-refractivity contribution in [1.82, 2.24) is 0 Å². The molecule has 0 aliphatic carbocycles. The molecule has 2 heteroatoms. The first-order chi connectivity index (χ1) is 5.11. The lowest BCUT2D eigenvalue weighted by molar-refractivity contribution is 0.464. The Balaban J connectivity index is 0.00000121. The van der Waals surface area contributed by atoms with E-state index < -0.39 is 0 Å². The molecule has 1 N–H and O–H groups in total. The summed E-state index contributed by atoms with van der Waals surface area (Å²) in [6, 6.07) is 5.81. The molecule has 0 unspecified atom stereocenters. The van der Waals surface area contributed by atoms with Crippen LogP contribution in [-0.4, -0.2) is 5.11 Å². The molecule has 0 radical (unpaired) electrons. The molecule has 0 bridgehead atoms. The summed E-state index contributed by atoms with van der Waals surface area (Å²) in [5, 5.41) is 9.46. The van der Waals surface area contributed by atoms with Gasteiger partial charge in [-0.05, 0) is 30.0 Å². The van der Waals surface area contributed by atoms with Gasteiger partial charge in [0.1, 0.15) is 5.75 Å². The minimum absolute atomic E-state index is 0. The summed E-state index contributed by atoms with van der Waals surface area (Å²) in [5.41, 5.74) is 2.13. The fourth-order valence-electron chi connectivity index (χ4n) is 1.14. The minimum atomic E-state index is 0. The predicted octanol–water partition coefficient (Wildman–Crippen LogP) is 2.94. The van der Waals surface area contributed by atoms with Crippen molar-refractivity contribution in [3.63, 3.8) is 0 Å². The van der Waals surface area contributed by atoms with E-state index in [9.17, 15) is 5.11 Å². The molecule has 1 nitrogen and oxygen atoms in total. The van der Waals surface area contributed by atoms with Gasteiger partial charge >= 0.3 is 0 Å². The molecule has 1 rings (SSSR count). The quantitative estimate of drug-likeness (QED) is 0.711. The van der Waals surface area contributed by atoms with E-state index in [4.69, 9.17) is 0 Å². The van der Waals surface area contributed by atoms with Crippen molar-refractivity contribution in [2.24, 2.45) is 0 Å². The van der Waals surface area contributed by atoms with E-state index in [1.165, 1.54) is 0 Å². The second kappa shape index (κ2) is 4.41. The molecule has 12 heavy (non-hydrogen) atoms. The highest BCUT2D eigenvalue weighted by Crippen LogP contribution is 2.25. The van der Waals surface area contributed by atoms with E-state index in [2.05, 4.69) is 13.8 Å². The highest BCUT2D eigenvalue weighted by Gasteiger charge is 2.03. The van der Waals surface area contributed by atoms with Gasteiger partial charge in [-0.3, -0.25) is 0 Å². The van der Waals surface area contributed by atoms with Gasteiger partial charge in [0.2, 0.25) is 0 Å². The second-order valence-corrected chi connectivity index (χ2v) is 3.22. The van der Waals surface area contributed by atoms with Crippen LogP contribution >= 0.6 is 13.5 Å². The average molecular weight is 184 g/mol. The number of benzene rings is 1. The number of hydrogen-bond donors (Lipinski definition) is 1. The summed E-state index contributed by atoms with van der Waals surface area (Å²) in [5.74, 6) is 0.815. The third kappa shape index (κ3) is 2.45. The lowest BCUT2D eigenvalue weighted by atomic mass is 10.0. The molecule has 1 aromatic rings. The van der Waals surface area contributed by atoms with E-state index in [0.717, 1.165) is 11.1 Å². The molecule has 0 fully saturated rings. The number of phenolic OH excluding ortho intramolecular Hbond substituents is 1. The fourth-order valence-corrected chi connectivity index (χ4v) is 1.14. The van der Waals surface area contributed by atoms with E-state index >= 15 is 0 Å². The topological polar surface area (TPSA) is 20.2 Å². The van der Waals surface area contributed by atoms with Gasteiger partial charge in [0.25, 0.3) is 0 Å². The molecule has 0 atom stereocenters. The smallest absolute Gasteiger partial charge is 0.119 e. The van der Waals surface area contributed by atoms with Crippen LogP contribution in [0.5, 0.6) is 5.75 Å². The summed E-state index contributed by atoms with van der Waals surface area (Å²) in [6.07, 6.45) is 0. The van der Waals surface area contributed by atoms with Crippen molar-refractivity contribution in [2.45, 2.75) is 26.7 Å². The summed E-state index contributed by atoms with van der Waals surface area (Å²) >= 11 is 0. The minimum Gasteiger partial charge on any atom is -0.508 e. The van der Waals surface area contributed by atoms with Crippen LogP contribution in [0.15, 0.2) is 18.2 Å². The van der Waals surface area contributed by atoms with Crippen molar-refractivity contribution >= 4 is 13.5 Å². The van der Waals surface area contributed by atoms with Gasteiger partial charge in [-0.2, -0.15) is 13.5 Å². The summed E-state index contributed by atoms with van der Waals surface area (Å²) in [4.78, 5) is 0. The Hall–Kier alpha value is -0.630. The highest BCUT2D eigenvalue weighted by molar-refractivity contribution is 7.59. The maximum atomic E-state index is 9.46. The average Bonchev–Trinajstić information content (AvgIpc) is 1.85. The summed E-state index contributed by atoms with van der Waals surface area (Å²) < 4.78 is 0. The second-order valence-electron chi connectivity index (χ2n) is 3.22. The van der Waals surface area contributed by atoms with Gasteiger partial charge in [0.05, 0.1) is 0 Å². The van der Waals surface area contributed by atoms with E-state index in [0.29, 0.717) is 11.7 Å². The summed E-state index contributed by atoms with van der Waals surface area (Å²) in [7, 11) is 0. The molecule has 1 aromatic carbocycles. The zero-order chi connectivity index (χ0) is 8.43. The van der Waals surface area contributed by atoms with Crippen molar-refractivity contribution in [3.05, 3.63) is 29.3 Å². The number of aryl methyl sites for hydroxylation is 1. The van der Waals surface area contributed by atoms with Crippen LogP contribution in [0.2, 0.25) is 0 Å². The van der Waals surface area contributed by atoms with Crippen LogP contribution in [0.4, 0.5) is 0 Å². The monoisotopic (exact) mass is 184 g/mol. The van der Waals surface area contributed by atoms with Gasteiger partial charge in [0.15, 0.2) is 0 Å². The molecule has 68 valence electrons. The van der Waals surface area contributed by atoms with Gasteiger partial charge in [-0.15, -0.1) is 0 Å². The third-order valence-electron chi connectivity index (χ3n) is 1.81. The zero-order valence-electron chi connectivity index (χ0n) is 7.76. The predicted molar refractivity (Wildman–Crippen MR) is 57.3 cm³/mol. The van der Waals surface area contributed by atoms with E-state index in [1.54, 1.807) is 6.07 Å². The molecular weight excluding hydrogens is 168 g/mol. The highest BCUT2D eigenvalue weighted by atomic mass is 32.1. The van der Waals surface area contributed by atoms with Crippen molar-refractivity contribution in [2.75, 3.05) is 0 Å². The van der Waals surface area contributed by atoms with E-state index in [1.807, 2.05) is 19.1 Å². The summed E-state index contributed by atoms with van der Waals surface area (Å²) in [6.45, 7) is 6.12. The lowest BCUT2D eigenvalue weighted by Gasteiger charge is -2.07. The largest absolute Gasteiger partial charge is 0.508 e. The Morgan fingerprint density at radius 1 is 1.25 bits per heavy atom. The molecule has 0 saturated carbocycles. The third-order valence-corrected chi connectivity index (χ3v) is 1.81. The SMILES string of the molecule is Cc1ccc(C(C)C)c(O)c1.S. The number of hydrogen-bond acceptors (Lipinski definition) is 1. The van der Waals surface area contributed by atoms with Crippen molar-refractivity contribution in [1.29, 1.82) is 0 Å². The Labute approximate surface area is 80.9 Å². The maximum absolute atomic E-state index is 9.46. The van der Waals surface area contributed by atoms with Crippen LogP contribution in [0, 0.1) is 6.92 Å². The number of phenols is 1. The normalized spacial score (nSPS) is 9.67.